The molecule has 26 heavy (non-hydrogen) atoms. The van der Waals surface area contributed by atoms with E-state index in [-0.39, 0.29) is 5.83 Å². The maximum atomic E-state index is 13.4. The van der Waals surface area contributed by atoms with Gasteiger partial charge in [-0.15, -0.1) is 0 Å². The van der Waals surface area contributed by atoms with Crippen LogP contribution in [0.2, 0.25) is 0 Å². The number of aromatic amines is 1. The number of rotatable bonds is 2. The Labute approximate surface area is 150 Å². The quantitative estimate of drug-likeness (QED) is 0.448. The minimum atomic E-state index is -0.0607. The standard InChI is InChI=1S/C23H17FN2/c24-20-6-3-16(4-7-20)23-21-14-18(2-1-15(21)9-12-26-23)17-5-8-22-19(13-17)10-11-25-22/h1-3,5-6,8-14,25H,4,7H2. The number of hydrogen-bond donors (Lipinski definition) is 1. The van der Waals surface area contributed by atoms with Crippen molar-refractivity contribution in [3.63, 3.8) is 0 Å². The van der Waals surface area contributed by atoms with E-state index in [0.29, 0.717) is 12.8 Å². The molecule has 0 spiro atoms. The Kier molecular flexibility index (Phi) is 3.45. The molecule has 0 saturated carbocycles. The Balaban J connectivity index is 1.67. The molecule has 4 aromatic rings. The van der Waals surface area contributed by atoms with Crippen molar-refractivity contribution in [2.75, 3.05) is 0 Å². The van der Waals surface area contributed by atoms with Crippen LogP contribution in [0.4, 0.5) is 4.39 Å². The normalized spacial score (nSPS) is 14.5. The smallest absolute Gasteiger partial charge is 0.100 e. The molecule has 2 aromatic heterocycles. The van der Waals surface area contributed by atoms with Gasteiger partial charge in [0.15, 0.2) is 0 Å². The lowest BCUT2D eigenvalue weighted by molar-refractivity contribution is 0.590. The molecule has 5 rings (SSSR count). The molecule has 2 heterocycles. The molecular formula is C23H17FN2. The molecule has 0 unspecified atom stereocenters. The Morgan fingerprint density at radius 1 is 0.846 bits per heavy atom. The first kappa shape index (κ1) is 15.1. The molecule has 0 radical (unpaired) electrons. The van der Waals surface area contributed by atoms with Crippen molar-refractivity contribution in [2.24, 2.45) is 0 Å². The van der Waals surface area contributed by atoms with Gasteiger partial charge in [-0.3, -0.25) is 4.98 Å². The van der Waals surface area contributed by atoms with Crippen molar-refractivity contribution in [1.29, 1.82) is 0 Å². The van der Waals surface area contributed by atoms with E-state index in [4.69, 9.17) is 0 Å². The maximum Gasteiger partial charge on any atom is 0.100 e. The number of H-pyrrole nitrogens is 1. The first-order chi connectivity index (χ1) is 12.8. The zero-order valence-electron chi connectivity index (χ0n) is 14.2. The predicted molar refractivity (Wildman–Crippen MR) is 105 cm³/mol. The van der Waals surface area contributed by atoms with Gasteiger partial charge in [0.1, 0.15) is 5.83 Å². The third-order valence-electron chi connectivity index (χ3n) is 5.06. The van der Waals surface area contributed by atoms with Gasteiger partial charge in [-0.05, 0) is 70.3 Å². The Morgan fingerprint density at radius 2 is 1.73 bits per heavy atom. The van der Waals surface area contributed by atoms with E-state index in [1.54, 1.807) is 6.08 Å². The SMILES string of the molecule is FC1=CC=C(c2nccc3ccc(-c4ccc5[nH]ccc5c4)cc23)CC1. The average Bonchev–Trinajstić information content (AvgIpc) is 3.15. The van der Waals surface area contributed by atoms with E-state index in [2.05, 4.69) is 52.4 Å². The van der Waals surface area contributed by atoms with Crippen LogP contribution in [0.15, 0.2) is 78.9 Å². The van der Waals surface area contributed by atoms with Crippen molar-refractivity contribution in [3.8, 4) is 11.1 Å². The van der Waals surface area contributed by atoms with Crippen LogP contribution < -0.4 is 0 Å². The summed E-state index contributed by atoms with van der Waals surface area (Å²) in [6, 6.07) is 17.0. The van der Waals surface area contributed by atoms with E-state index in [0.717, 1.165) is 33.1 Å². The van der Waals surface area contributed by atoms with Gasteiger partial charge in [-0.2, -0.15) is 0 Å². The number of nitrogens with zero attached hydrogens (tertiary/aromatic N) is 1. The maximum absolute atomic E-state index is 13.4. The number of nitrogens with one attached hydrogen (secondary N) is 1. The fourth-order valence-electron chi connectivity index (χ4n) is 3.65. The zero-order chi connectivity index (χ0) is 17.5. The summed E-state index contributed by atoms with van der Waals surface area (Å²) in [6.45, 7) is 0. The molecule has 0 bridgehead atoms. The first-order valence-corrected chi connectivity index (χ1v) is 8.80. The summed E-state index contributed by atoms with van der Waals surface area (Å²) in [5.41, 5.74) is 5.52. The molecule has 0 saturated heterocycles. The van der Waals surface area contributed by atoms with Crippen LogP contribution in [0, 0.1) is 0 Å². The molecule has 1 aliphatic carbocycles. The molecule has 0 aliphatic heterocycles. The topological polar surface area (TPSA) is 28.7 Å². The molecule has 126 valence electrons. The fourth-order valence-corrected chi connectivity index (χ4v) is 3.65. The highest BCUT2D eigenvalue weighted by molar-refractivity contribution is 5.96. The van der Waals surface area contributed by atoms with Gasteiger partial charge in [0.05, 0.1) is 5.69 Å². The highest BCUT2D eigenvalue weighted by Crippen LogP contribution is 2.33. The fraction of sp³-hybridized carbons (Fsp3) is 0.0870. The van der Waals surface area contributed by atoms with E-state index < -0.39 is 0 Å². The van der Waals surface area contributed by atoms with Gasteiger partial charge < -0.3 is 4.98 Å². The molecule has 1 aliphatic rings. The van der Waals surface area contributed by atoms with E-state index in [9.17, 15) is 4.39 Å². The minimum absolute atomic E-state index is 0.0607. The van der Waals surface area contributed by atoms with Crippen LogP contribution in [0.1, 0.15) is 18.5 Å². The lowest BCUT2D eigenvalue weighted by Gasteiger charge is -2.13. The minimum Gasteiger partial charge on any atom is -0.361 e. The van der Waals surface area contributed by atoms with E-state index in [1.807, 2.05) is 24.5 Å². The lowest BCUT2D eigenvalue weighted by atomic mass is 9.94. The highest BCUT2D eigenvalue weighted by atomic mass is 19.1. The summed E-state index contributed by atoms with van der Waals surface area (Å²) >= 11 is 0. The van der Waals surface area contributed by atoms with Gasteiger partial charge in [-0.25, -0.2) is 4.39 Å². The van der Waals surface area contributed by atoms with Crippen LogP contribution in [0.25, 0.3) is 38.4 Å². The van der Waals surface area contributed by atoms with Crippen molar-refractivity contribution in [1.82, 2.24) is 9.97 Å². The number of aromatic nitrogens is 2. The van der Waals surface area contributed by atoms with Gasteiger partial charge >= 0.3 is 0 Å². The molecule has 2 nitrogen and oxygen atoms in total. The van der Waals surface area contributed by atoms with Crippen LogP contribution in [-0.2, 0) is 0 Å². The number of benzene rings is 2. The van der Waals surface area contributed by atoms with Crippen molar-refractivity contribution >= 4 is 27.2 Å². The summed E-state index contributed by atoms with van der Waals surface area (Å²) in [5, 5.41) is 3.46. The summed E-state index contributed by atoms with van der Waals surface area (Å²) < 4.78 is 13.4. The van der Waals surface area contributed by atoms with Crippen LogP contribution in [0.3, 0.4) is 0 Å². The van der Waals surface area contributed by atoms with Gasteiger partial charge in [0, 0.05) is 29.7 Å². The van der Waals surface area contributed by atoms with Gasteiger partial charge in [-0.1, -0.05) is 24.3 Å². The zero-order valence-corrected chi connectivity index (χ0v) is 14.2. The second kappa shape index (κ2) is 5.95. The molecule has 0 amide bonds. The summed E-state index contributed by atoms with van der Waals surface area (Å²) in [7, 11) is 0. The van der Waals surface area contributed by atoms with E-state index in [1.165, 1.54) is 10.9 Å². The molecule has 3 heteroatoms. The Bertz CT molecular complexity index is 1200. The summed E-state index contributed by atoms with van der Waals surface area (Å²) in [5.74, 6) is -0.0607. The average molecular weight is 340 g/mol. The number of pyridine rings is 1. The Morgan fingerprint density at radius 3 is 2.62 bits per heavy atom. The first-order valence-electron chi connectivity index (χ1n) is 8.80. The third-order valence-corrected chi connectivity index (χ3v) is 5.06. The number of halogens is 1. The highest BCUT2D eigenvalue weighted by Gasteiger charge is 2.13. The Hall–Kier alpha value is -3.20. The van der Waals surface area contributed by atoms with E-state index >= 15 is 0 Å². The second-order valence-corrected chi connectivity index (χ2v) is 6.68. The predicted octanol–water partition coefficient (Wildman–Crippen LogP) is 6.41. The van der Waals surface area contributed by atoms with Crippen LogP contribution >= 0.6 is 0 Å². The van der Waals surface area contributed by atoms with Crippen molar-refractivity contribution < 1.29 is 4.39 Å². The molecule has 1 N–H and O–H groups in total. The summed E-state index contributed by atoms with van der Waals surface area (Å²) in [4.78, 5) is 7.84. The third kappa shape index (κ3) is 2.53. The number of hydrogen-bond acceptors (Lipinski definition) is 1. The van der Waals surface area contributed by atoms with Crippen LogP contribution in [0.5, 0.6) is 0 Å². The van der Waals surface area contributed by atoms with Crippen molar-refractivity contribution in [3.05, 3.63) is 84.6 Å². The number of allylic oxidation sites excluding steroid dienone is 4. The monoisotopic (exact) mass is 340 g/mol. The van der Waals surface area contributed by atoms with Gasteiger partial charge in [0.25, 0.3) is 0 Å². The second-order valence-electron chi connectivity index (χ2n) is 6.68. The van der Waals surface area contributed by atoms with Gasteiger partial charge in [0.2, 0.25) is 0 Å². The largest absolute Gasteiger partial charge is 0.361 e. The molecule has 2 aromatic carbocycles. The lowest BCUT2D eigenvalue weighted by Crippen LogP contribution is -1.95. The molecular weight excluding hydrogens is 323 g/mol. The molecule has 0 fully saturated rings. The molecule has 0 atom stereocenters. The number of fused-ring (bicyclic) bond motifs is 2. The van der Waals surface area contributed by atoms with Crippen LogP contribution in [-0.4, -0.2) is 9.97 Å². The summed E-state index contributed by atoms with van der Waals surface area (Å²) in [6.07, 6.45) is 8.35. The van der Waals surface area contributed by atoms with Crippen molar-refractivity contribution in [2.45, 2.75) is 12.8 Å².